The topological polar surface area (TPSA) is 0 Å². The van der Waals surface area contributed by atoms with E-state index in [0.717, 1.165) is 11.8 Å². The van der Waals surface area contributed by atoms with Crippen LogP contribution in [-0.2, 0) is 6.42 Å². The summed E-state index contributed by atoms with van der Waals surface area (Å²) < 4.78 is 0. The van der Waals surface area contributed by atoms with E-state index in [1.807, 2.05) is 0 Å². The normalized spacial score (nSPS) is 24.5. The molecule has 2 rings (SSSR count). The molecule has 1 aliphatic carbocycles. The van der Waals surface area contributed by atoms with Gasteiger partial charge < -0.3 is 0 Å². The predicted octanol–water partition coefficient (Wildman–Crippen LogP) is 5.51. The molecule has 0 heterocycles. The minimum Gasteiger partial charge on any atom is -0.0836 e. The van der Waals surface area contributed by atoms with Gasteiger partial charge in [0.05, 0.1) is 0 Å². The third-order valence-electron chi connectivity index (χ3n) is 3.90. The Morgan fingerprint density at radius 1 is 1.29 bits per heavy atom. The molecule has 2 unspecified atom stereocenters. The van der Waals surface area contributed by atoms with Gasteiger partial charge in [-0.05, 0) is 48.6 Å². The Labute approximate surface area is 114 Å². The molecular formula is C16H23Br. The highest BCUT2D eigenvalue weighted by molar-refractivity contribution is 9.09. The van der Waals surface area contributed by atoms with Crippen LogP contribution in [0.15, 0.2) is 24.3 Å². The van der Waals surface area contributed by atoms with E-state index in [-0.39, 0.29) is 0 Å². The van der Waals surface area contributed by atoms with E-state index in [9.17, 15) is 0 Å². The van der Waals surface area contributed by atoms with E-state index in [1.54, 1.807) is 11.1 Å². The van der Waals surface area contributed by atoms with Gasteiger partial charge in [-0.1, -0.05) is 60.5 Å². The fourth-order valence-corrected chi connectivity index (χ4v) is 3.80. The molecular weight excluding hydrogens is 272 g/mol. The van der Waals surface area contributed by atoms with Crippen molar-refractivity contribution in [1.29, 1.82) is 0 Å². The Morgan fingerprint density at radius 3 is 2.82 bits per heavy atom. The van der Waals surface area contributed by atoms with Crippen LogP contribution in [0.5, 0.6) is 0 Å². The highest BCUT2D eigenvalue weighted by Crippen LogP contribution is 2.41. The van der Waals surface area contributed by atoms with Crippen LogP contribution in [0.1, 0.15) is 55.5 Å². The zero-order valence-electron chi connectivity index (χ0n) is 11.0. The summed E-state index contributed by atoms with van der Waals surface area (Å²) in [6, 6.07) is 8.96. The molecule has 94 valence electrons. The maximum Gasteiger partial charge on any atom is 0.0426 e. The van der Waals surface area contributed by atoms with Gasteiger partial charge in [-0.25, -0.2) is 0 Å². The van der Waals surface area contributed by atoms with Crippen LogP contribution in [0.25, 0.3) is 0 Å². The third kappa shape index (κ3) is 3.34. The molecule has 17 heavy (non-hydrogen) atoms. The fourth-order valence-electron chi connectivity index (χ4n) is 2.82. The number of alkyl halides is 1. The van der Waals surface area contributed by atoms with Crippen LogP contribution in [0.3, 0.4) is 0 Å². The number of hydrogen-bond acceptors (Lipinski definition) is 0. The van der Waals surface area contributed by atoms with Crippen molar-refractivity contribution in [1.82, 2.24) is 0 Å². The van der Waals surface area contributed by atoms with Crippen LogP contribution >= 0.6 is 15.9 Å². The Balaban J connectivity index is 2.11. The molecule has 0 N–H and O–H groups in total. The zero-order valence-corrected chi connectivity index (χ0v) is 12.5. The molecule has 0 fully saturated rings. The minimum atomic E-state index is 0.569. The van der Waals surface area contributed by atoms with E-state index in [1.165, 1.54) is 32.1 Å². The second kappa shape index (κ2) is 6.04. The maximum absolute atomic E-state index is 3.95. The molecule has 0 amide bonds. The number of rotatable bonds is 3. The fraction of sp³-hybridized carbons (Fsp3) is 0.625. The van der Waals surface area contributed by atoms with Crippen molar-refractivity contribution in [2.24, 2.45) is 11.8 Å². The summed E-state index contributed by atoms with van der Waals surface area (Å²) in [5.41, 5.74) is 3.10. The molecule has 0 spiro atoms. The van der Waals surface area contributed by atoms with Crippen LogP contribution in [0.4, 0.5) is 0 Å². The Morgan fingerprint density at radius 2 is 2.06 bits per heavy atom. The van der Waals surface area contributed by atoms with Gasteiger partial charge in [0.1, 0.15) is 0 Å². The summed E-state index contributed by atoms with van der Waals surface area (Å²) in [6.07, 6.45) is 6.70. The molecule has 0 radical (unpaired) electrons. The average Bonchev–Trinajstić information content (AvgIpc) is 2.47. The first-order valence-electron chi connectivity index (χ1n) is 6.90. The molecule has 2 atom stereocenters. The van der Waals surface area contributed by atoms with Crippen molar-refractivity contribution in [3.05, 3.63) is 35.4 Å². The van der Waals surface area contributed by atoms with Crippen molar-refractivity contribution >= 4 is 15.9 Å². The SMILES string of the molecule is CC(C)CCC1CCCc2ccccc2C1Br. The standard InChI is InChI=1S/C16H23Br/c1-12(2)10-11-14-8-5-7-13-6-3-4-9-15(13)16(14)17/h3-4,6,9,12,14,16H,5,7-8,10-11H2,1-2H3. The third-order valence-corrected chi connectivity index (χ3v) is 5.14. The molecule has 1 aliphatic rings. The van der Waals surface area contributed by atoms with Gasteiger partial charge in [-0.3, -0.25) is 0 Å². The van der Waals surface area contributed by atoms with Gasteiger partial charge in [-0.2, -0.15) is 0 Å². The van der Waals surface area contributed by atoms with Crippen LogP contribution in [-0.4, -0.2) is 0 Å². The van der Waals surface area contributed by atoms with E-state index in [2.05, 4.69) is 54.0 Å². The molecule has 0 aromatic heterocycles. The largest absolute Gasteiger partial charge is 0.0836 e. The Bertz CT molecular complexity index is 356. The monoisotopic (exact) mass is 294 g/mol. The van der Waals surface area contributed by atoms with Crippen LogP contribution in [0.2, 0.25) is 0 Å². The Hall–Kier alpha value is -0.300. The van der Waals surface area contributed by atoms with Gasteiger partial charge in [0, 0.05) is 4.83 Å². The van der Waals surface area contributed by atoms with Crippen LogP contribution < -0.4 is 0 Å². The molecule has 1 aromatic carbocycles. The lowest BCUT2D eigenvalue weighted by molar-refractivity contribution is 0.396. The summed E-state index contributed by atoms with van der Waals surface area (Å²) >= 11 is 3.95. The summed E-state index contributed by atoms with van der Waals surface area (Å²) in [5, 5.41) is 0. The first-order valence-corrected chi connectivity index (χ1v) is 7.82. The lowest BCUT2D eigenvalue weighted by atomic mass is 9.90. The average molecular weight is 295 g/mol. The molecule has 1 heteroatoms. The second-order valence-corrected chi connectivity index (χ2v) is 6.71. The highest BCUT2D eigenvalue weighted by atomic mass is 79.9. The van der Waals surface area contributed by atoms with Crippen molar-refractivity contribution < 1.29 is 0 Å². The second-order valence-electron chi connectivity index (χ2n) is 5.72. The lowest BCUT2D eigenvalue weighted by Crippen LogP contribution is -2.08. The minimum absolute atomic E-state index is 0.569. The number of hydrogen-bond donors (Lipinski definition) is 0. The van der Waals surface area contributed by atoms with Crippen molar-refractivity contribution in [3.63, 3.8) is 0 Å². The van der Waals surface area contributed by atoms with Gasteiger partial charge in [0.2, 0.25) is 0 Å². The van der Waals surface area contributed by atoms with E-state index >= 15 is 0 Å². The van der Waals surface area contributed by atoms with E-state index in [4.69, 9.17) is 0 Å². The molecule has 0 nitrogen and oxygen atoms in total. The maximum atomic E-state index is 3.95. The number of fused-ring (bicyclic) bond motifs is 1. The molecule has 0 aliphatic heterocycles. The number of halogens is 1. The number of benzene rings is 1. The molecule has 1 aromatic rings. The van der Waals surface area contributed by atoms with Crippen molar-refractivity contribution in [3.8, 4) is 0 Å². The summed E-state index contributed by atoms with van der Waals surface area (Å²) in [7, 11) is 0. The van der Waals surface area contributed by atoms with Gasteiger partial charge in [-0.15, -0.1) is 0 Å². The van der Waals surface area contributed by atoms with Crippen LogP contribution in [0, 0.1) is 11.8 Å². The molecule has 0 saturated carbocycles. The molecule has 0 bridgehead atoms. The molecule has 0 saturated heterocycles. The number of aryl methyl sites for hydroxylation is 1. The summed E-state index contributed by atoms with van der Waals surface area (Å²) in [4.78, 5) is 0.569. The van der Waals surface area contributed by atoms with Gasteiger partial charge in [0.25, 0.3) is 0 Å². The lowest BCUT2D eigenvalue weighted by Gasteiger charge is -2.22. The predicted molar refractivity (Wildman–Crippen MR) is 78.6 cm³/mol. The van der Waals surface area contributed by atoms with Gasteiger partial charge in [0.15, 0.2) is 0 Å². The summed E-state index contributed by atoms with van der Waals surface area (Å²) in [5.74, 6) is 1.65. The zero-order chi connectivity index (χ0) is 12.3. The first-order chi connectivity index (χ1) is 8.18. The summed E-state index contributed by atoms with van der Waals surface area (Å²) in [6.45, 7) is 4.65. The quantitative estimate of drug-likeness (QED) is 0.509. The first kappa shape index (κ1) is 13.1. The van der Waals surface area contributed by atoms with Crippen molar-refractivity contribution in [2.75, 3.05) is 0 Å². The van der Waals surface area contributed by atoms with Crippen molar-refractivity contribution in [2.45, 2.75) is 50.8 Å². The smallest absolute Gasteiger partial charge is 0.0426 e. The van der Waals surface area contributed by atoms with E-state index < -0.39 is 0 Å². The Kier molecular flexibility index (Phi) is 4.67. The highest BCUT2D eigenvalue weighted by Gasteiger charge is 2.25. The van der Waals surface area contributed by atoms with Gasteiger partial charge >= 0.3 is 0 Å². The van der Waals surface area contributed by atoms with E-state index in [0.29, 0.717) is 4.83 Å².